The number of methoxy groups -OCH3 is 2. The van der Waals surface area contributed by atoms with E-state index in [0.29, 0.717) is 15.9 Å². The number of anilines is 2. The fourth-order valence-corrected chi connectivity index (χ4v) is 3.90. The Labute approximate surface area is 154 Å². The molecule has 7 nitrogen and oxygen atoms in total. The molecule has 0 saturated carbocycles. The Hall–Kier alpha value is -2.26. The molecule has 0 atom stereocenters. The fraction of sp³-hybridized carbons (Fsp3) is 0.188. The molecule has 1 amide bonds. The van der Waals surface area contributed by atoms with Crippen LogP contribution in [0, 0.1) is 0 Å². The van der Waals surface area contributed by atoms with Crippen molar-refractivity contribution in [3.8, 4) is 11.5 Å². The number of hydrogen-bond acceptors (Lipinski definition) is 5. The summed E-state index contributed by atoms with van der Waals surface area (Å²) in [6.07, 6.45) is 0. The number of sulfonamides is 1. The van der Waals surface area contributed by atoms with Crippen LogP contribution in [0.25, 0.3) is 0 Å². The van der Waals surface area contributed by atoms with E-state index >= 15 is 0 Å². The quantitative estimate of drug-likeness (QED) is 0.736. The lowest BCUT2D eigenvalue weighted by atomic mass is 10.2. The van der Waals surface area contributed by atoms with E-state index in [1.54, 1.807) is 24.3 Å². The Kier molecular flexibility index (Phi) is 5.91. The van der Waals surface area contributed by atoms with Crippen molar-refractivity contribution in [1.82, 2.24) is 0 Å². The summed E-state index contributed by atoms with van der Waals surface area (Å²) in [7, 11) is -1.14. The van der Waals surface area contributed by atoms with Crippen LogP contribution in [0.4, 0.5) is 11.4 Å². The minimum Gasteiger partial charge on any atom is -0.495 e. The molecular formula is C16H17BrN2O5S. The second-order valence-electron chi connectivity index (χ2n) is 5.00. The molecule has 25 heavy (non-hydrogen) atoms. The molecule has 0 bridgehead atoms. The Morgan fingerprint density at radius 1 is 1.04 bits per heavy atom. The van der Waals surface area contributed by atoms with Crippen molar-refractivity contribution in [1.29, 1.82) is 0 Å². The van der Waals surface area contributed by atoms with Gasteiger partial charge >= 0.3 is 0 Å². The molecule has 0 fully saturated rings. The van der Waals surface area contributed by atoms with Crippen LogP contribution in [0.3, 0.4) is 0 Å². The van der Waals surface area contributed by atoms with Crippen molar-refractivity contribution in [2.45, 2.75) is 11.8 Å². The van der Waals surface area contributed by atoms with E-state index in [2.05, 4.69) is 26.0 Å². The van der Waals surface area contributed by atoms with Crippen LogP contribution in [-0.4, -0.2) is 28.5 Å². The lowest BCUT2D eigenvalue weighted by molar-refractivity contribution is -0.114. The molecule has 0 aromatic heterocycles. The first kappa shape index (κ1) is 19.1. The van der Waals surface area contributed by atoms with Gasteiger partial charge in [-0.15, -0.1) is 0 Å². The third-order valence-electron chi connectivity index (χ3n) is 3.18. The zero-order valence-electron chi connectivity index (χ0n) is 13.8. The first-order chi connectivity index (χ1) is 11.8. The standard InChI is InChI=1S/C16H17BrN2O5S/c1-10(20)18-12-5-7-14(23-2)13(9-12)19-25(21,22)16-8-11(17)4-6-15(16)24-3/h4-9,19H,1-3H3,(H,18,20). The number of benzene rings is 2. The predicted octanol–water partition coefficient (Wildman–Crippen LogP) is 3.23. The SMILES string of the molecule is COc1ccc(NC(C)=O)cc1NS(=O)(=O)c1cc(Br)ccc1OC. The average Bonchev–Trinajstić information content (AvgIpc) is 2.54. The van der Waals surface area contributed by atoms with Gasteiger partial charge in [-0.3, -0.25) is 9.52 Å². The molecule has 2 aromatic carbocycles. The van der Waals surface area contributed by atoms with Gasteiger partial charge in [0.2, 0.25) is 5.91 Å². The van der Waals surface area contributed by atoms with Crippen LogP contribution in [0.1, 0.15) is 6.92 Å². The second kappa shape index (κ2) is 7.75. The molecule has 0 aliphatic rings. The Bertz CT molecular complexity index is 899. The Morgan fingerprint density at radius 2 is 1.68 bits per heavy atom. The number of rotatable bonds is 6. The van der Waals surface area contributed by atoms with E-state index in [4.69, 9.17) is 9.47 Å². The maximum atomic E-state index is 12.8. The Morgan fingerprint density at radius 3 is 2.28 bits per heavy atom. The summed E-state index contributed by atoms with van der Waals surface area (Å²) >= 11 is 3.25. The largest absolute Gasteiger partial charge is 0.495 e. The van der Waals surface area contributed by atoms with E-state index in [9.17, 15) is 13.2 Å². The molecule has 0 spiro atoms. The number of nitrogens with one attached hydrogen (secondary N) is 2. The second-order valence-corrected chi connectivity index (χ2v) is 7.56. The van der Waals surface area contributed by atoms with Crippen molar-refractivity contribution >= 4 is 43.2 Å². The highest BCUT2D eigenvalue weighted by Crippen LogP contribution is 2.33. The summed E-state index contributed by atoms with van der Waals surface area (Å²) in [5.41, 5.74) is 0.628. The predicted molar refractivity (Wildman–Crippen MR) is 98.8 cm³/mol. The van der Waals surface area contributed by atoms with Crippen LogP contribution >= 0.6 is 15.9 Å². The molecule has 2 aromatic rings. The third kappa shape index (κ3) is 4.64. The van der Waals surface area contributed by atoms with E-state index < -0.39 is 10.0 Å². The normalized spacial score (nSPS) is 10.9. The zero-order chi connectivity index (χ0) is 18.6. The first-order valence-electron chi connectivity index (χ1n) is 7.09. The lowest BCUT2D eigenvalue weighted by Gasteiger charge is -2.15. The summed E-state index contributed by atoms with van der Waals surface area (Å²) in [4.78, 5) is 11.2. The monoisotopic (exact) mass is 428 g/mol. The van der Waals surface area contributed by atoms with E-state index in [1.807, 2.05) is 0 Å². The Balaban J connectivity index is 2.47. The average molecular weight is 429 g/mol. The van der Waals surface area contributed by atoms with Gasteiger partial charge < -0.3 is 14.8 Å². The number of carbonyl (C=O) groups excluding carboxylic acids is 1. The number of hydrogen-bond donors (Lipinski definition) is 2. The fourth-order valence-electron chi connectivity index (χ4n) is 2.13. The van der Waals surface area contributed by atoms with Crippen LogP contribution < -0.4 is 19.5 Å². The number of amides is 1. The summed E-state index contributed by atoms with van der Waals surface area (Å²) in [6.45, 7) is 1.36. The highest BCUT2D eigenvalue weighted by atomic mass is 79.9. The zero-order valence-corrected chi connectivity index (χ0v) is 16.2. The van der Waals surface area contributed by atoms with E-state index in [1.165, 1.54) is 33.3 Å². The molecule has 0 heterocycles. The van der Waals surface area contributed by atoms with Gasteiger partial charge in [0.1, 0.15) is 16.4 Å². The smallest absolute Gasteiger partial charge is 0.265 e. The number of halogens is 1. The van der Waals surface area contributed by atoms with Crippen LogP contribution in [0.2, 0.25) is 0 Å². The minimum atomic E-state index is -3.95. The molecule has 134 valence electrons. The van der Waals surface area contributed by atoms with E-state index in [0.717, 1.165) is 0 Å². The van der Waals surface area contributed by atoms with Crippen molar-refractivity contribution in [2.75, 3.05) is 24.3 Å². The van der Waals surface area contributed by atoms with Crippen LogP contribution in [0.5, 0.6) is 11.5 Å². The van der Waals surface area contributed by atoms with Gasteiger partial charge in [0.15, 0.2) is 0 Å². The molecule has 0 aliphatic heterocycles. The van der Waals surface area contributed by atoms with Crippen molar-refractivity contribution in [3.05, 3.63) is 40.9 Å². The van der Waals surface area contributed by atoms with Crippen molar-refractivity contribution < 1.29 is 22.7 Å². The van der Waals surface area contributed by atoms with Crippen molar-refractivity contribution in [3.63, 3.8) is 0 Å². The summed E-state index contributed by atoms with van der Waals surface area (Å²) in [6, 6.07) is 9.30. The number of carbonyl (C=O) groups is 1. The molecule has 0 unspecified atom stereocenters. The highest BCUT2D eigenvalue weighted by Gasteiger charge is 2.22. The van der Waals surface area contributed by atoms with Gasteiger partial charge in [-0.05, 0) is 36.4 Å². The van der Waals surface area contributed by atoms with Gasteiger partial charge in [0, 0.05) is 17.1 Å². The topological polar surface area (TPSA) is 93.7 Å². The molecule has 0 radical (unpaired) electrons. The maximum absolute atomic E-state index is 12.8. The molecule has 0 aliphatic carbocycles. The molecule has 0 saturated heterocycles. The minimum absolute atomic E-state index is 0.0311. The van der Waals surface area contributed by atoms with Crippen LogP contribution in [-0.2, 0) is 14.8 Å². The summed E-state index contributed by atoms with van der Waals surface area (Å²) in [5.74, 6) is 0.243. The third-order valence-corrected chi connectivity index (χ3v) is 5.06. The summed E-state index contributed by atoms with van der Waals surface area (Å²) < 4.78 is 38.9. The first-order valence-corrected chi connectivity index (χ1v) is 9.36. The van der Waals surface area contributed by atoms with E-state index in [-0.39, 0.29) is 22.2 Å². The number of ether oxygens (including phenoxy) is 2. The van der Waals surface area contributed by atoms with Gasteiger partial charge in [-0.2, -0.15) is 0 Å². The lowest BCUT2D eigenvalue weighted by Crippen LogP contribution is -2.15. The van der Waals surface area contributed by atoms with Gasteiger partial charge in [-0.1, -0.05) is 15.9 Å². The summed E-state index contributed by atoms with van der Waals surface area (Å²) in [5, 5.41) is 2.59. The van der Waals surface area contributed by atoms with Gasteiger partial charge in [0.25, 0.3) is 10.0 Å². The molecule has 2 N–H and O–H groups in total. The highest BCUT2D eigenvalue weighted by molar-refractivity contribution is 9.10. The van der Waals surface area contributed by atoms with Crippen LogP contribution in [0.15, 0.2) is 45.8 Å². The molecular weight excluding hydrogens is 412 g/mol. The molecule has 2 rings (SSSR count). The van der Waals surface area contributed by atoms with Gasteiger partial charge in [-0.25, -0.2) is 8.42 Å². The molecule has 9 heteroatoms. The maximum Gasteiger partial charge on any atom is 0.265 e. The van der Waals surface area contributed by atoms with Gasteiger partial charge in [0.05, 0.1) is 19.9 Å². The van der Waals surface area contributed by atoms with Crippen molar-refractivity contribution in [2.24, 2.45) is 0 Å².